The summed E-state index contributed by atoms with van der Waals surface area (Å²) in [5.74, 6) is -1.88. The fraction of sp³-hybridized carbons (Fsp3) is 0.417. The molecule has 3 rings (SSSR count). The normalized spacial score (nSPS) is 15.7. The summed E-state index contributed by atoms with van der Waals surface area (Å²) in [6.07, 6.45) is 6.18. The molecule has 0 saturated heterocycles. The number of carbonyl (C=O) groups excluding carboxylic acids is 2. The summed E-state index contributed by atoms with van der Waals surface area (Å²) in [5, 5.41) is 3.10. The maximum Gasteiger partial charge on any atom is 0.247 e. The van der Waals surface area contributed by atoms with E-state index >= 15 is 0 Å². The summed E-state index contributed by atoms with van der Waals surface area (Å²) in [7, 11) is 0. The molecule has 166 valence electrons. The van der Waals surface area contributed by atoms with Crippen LogP contribution in [0.4, 0.5) is 8.78 Å². The van der Waals surface area contributed by atoms with E-state index in [0.717, 1.165) is 38.5 Å². The van der Waals surface area contributed by atoms with Crippen LogP contribution in [0.25, 0.3) is 0 Å². The fourth-order valence-electron chi connectivity index (χ4n) is 4.01. The maximum atomic E-state index is 13.5. The fourth-order valence-corrected chi connectivity index (χ4v) is 4.16. The van der Waals surface area contributed by atoms with Gasteiger partial charge in [-0.15, -0.1) is 11.6 Å². The molecule has 1 aliphatic carbocycles. The van der Waals surface area contributed by atoms with Gasteiger partial charge in [0.25, 0.3) is 0 Å². The lowest BCUT2D eigenvalue weighted by Gasteiger charge is -2.32. The molecule has 1 atom stereocenters. The molecule has 1 N–H and O–H groups in total. The van der Waals surface area contributed by atoms with Gasteiger partial charge in [0.05, 0.1) is 0 Å². The Morgan fingerprint density at radius 3 is 2.03 bits per heavy atom. The number of alkyl halides is 1. The van der Waals surface area contributed by atoms with Crippen molar-refractivity contribution >= 4 is 23.4 Å². The number of carbonyl (C=O) groups is 2. The predicted octanol–water partition coefficient (Wildman–Crippen LogP) is 5.11. The number of rotatable bonds is 7. The van der Waals surface area contributed by atoms with Gasteiger partial charge in [0.15, 0.2) is 0 Å². The first-order chi connectivity index (χ1) is 15.0. The van der Waals surface area contributed by atoms with Crippen molar-refractivity contribution < 1.29 is 18.4 Å². The molecule has 2 aromatic carbocycles. The average molecular weight is 449 g/mol. The Balaban J connectivity index is 1.92. The molecular formula is C24H27ClF2N2O2. The number of halogens is 3. The Morgan fingerprint density at radius 1 is 0.935 bits per heavy atom. The van der Waals surface area contributed by atoms with Crippen molar-refractivity contribution in [1.29, 1.82) is 0 Å². The Labute approximate surface area is 186 Å². The van der Waals surface area contributed by atoms with Gasteiger partial charge in [-0.25, -0.2) is 8.78 Å². The van der Waals surface area contributed by atoms with Crippen molar-refractivity contribution in [2.45, 2.75) is 57.2 Å². The summed E-state index contributed by atoms with van der Waals surface area (Å²) in [4.78, 5) is 27.6. The lowest BCUT2D eigenvalue weighted by atomic mass is 10.0. The molecule has 31 heavy (non-hydrogen) atoms. The topological polar surface area (TPSA) is 49.4 Å². The van der Waals surface area contributed by atoms with Crippen LogP contribution in [0.5, 0.6) is 0 Å². The van der Waals surface area contributed by atoms with Crippen LogP contribution in [0.3, 0.4) is 0 Å². The molecule has 1 fully saturated rings. The number of benzene rings is 2. The molecule has 7 heteroatoms. The highest BCUT2D eigenvalue weighted by Gasteiger charge is 2.32. The zero-order chi connectivity index (χ0) is 22.2. The largest absolute Gasteiger partial charge is 0.351 e. The summed E-state index contributed by atoms with van der Waals surface area (Å²) in [5.41, 5.74) is 1.15. The number of hydrogen-bond donors (Lipinski definition) is 1. The smallest absolute Gasteiger partial charge is 0.247 e. The van der Waals surface area contributed by atoms with Gasteiger partial charge in [0.2, 0.25) is 11.8 Å². The van der Waals surface area contributed by atoms with Crippen LogP contribution in [-0.4, -0.2) is 28.6 Å². The first-order valence-electron chi connectivity index (χ1n) is 10.6. The van der Waals surface area contributed by atoms with Gasteiger partial charge in [-0.05, 0) is 48.2 Å². The monoisotopic (exact) mass is 448 g/mol. The van der Waals surface area contributed by atoms with Crippen LogP contribution in [0.15, 0.2) is 48.5 Å². The van der Waals surface area contributed by atoms with E-state index < -0.39 is 17.8 Å². The van der Waals surface area contributed by atoms with Crippen molar-refractivity contribution in [1.82, 2.24) is 10.2 Å². The van der Waals surface area contributed by atoms with E-state index in [9.17, 15) is 18.4 Å². The van der Waals surface area contributed by atoms with Crippen molar-refractivity contribution in [2.75, 3.05) is 5.88 Å². The third-order valence-electron chi connectivity index (χ3n) is 5.65. The lowest BCUT2D eigenvalue weighted by Crippen LogP contribution is -2.46. The zero-order valence-electron chi connectivity index (χ0n) is 17.3. The van der Waals surface area contributed by atoms with Crippen LogP contribution in [-0.2, 0) is 16.1 Å². The standard InChI is InChI=1S/C24H27ClF2N2O2/c25-15-22(30)29(16-17-7-11-19(26)12-8-17)23(18-9-13-20(27)14-10-18)24(31)28-21-5-3-1-2-4-6-21/h7-14,21,23H,1-6,15-16H2,(H,28,31)/t23-/m1/s1. The Kier molecular flexibility index (Phi) is 8.41. The van der Waals surface area contributed by atoms with E-state index in [1.54, 1.807) is 12.1 Å². The van der Waals surface area contributed by atoms with Gasteiger partial charge in [-0.1, -0.05) is 49.9 Å². The minimum absolute atomic E-state index is 0.0386. The second-order valence-electron chi connectivity index (χ2n) is 7.93. The number of amides is 2. The second kappa shape index (κ2) is 11.2. The highest BCUT2D eigenvalue weighted by Crippen LogP contribution is 2.26. The molecule has 0 spiro atoms. The summed E-state index contributed by atoms with van der Waals surface area (Å²) in [6, 6.07) is 10.3. The molecule has 0 radical (unpaired) electrons. The first-order valence-corrected chi connectivity index (χ1v) is 11.2. The van der Waals surface area contributed by atoms with Gasteiger partial charge in [0.1, 0.15) is 23.6 Å². The molecule has 2 amide bonds. The van der Waals surface area contributed by atoms with Crippen LogP contribution in [0.2, 0.25) is 0 Å². The zero-order valence-corrected chi connectivity index (χ0v) is 18.1. The van der Waals surface area contributed by atoms with Crippen molar-refractivity contribution in [3.63, 3.8) is 0 Å². The third-order valence-corrected chi connectivity index (χ3v) is 5.88. The summed E-state index contributed by atoms with van der Waals surface area (Å²) < 4.78 is 26.9. The average Bonchev–Trinajstić information content (AvgIpc) is 3.04. The van der Waals surface area contributed by atoms with Gasteiger partial charge < -0.3 is 10.2 Å². The van der Waals surface area contributed by atoms with Crippen molar-refractivity contribution in [3.8, 4) is 0 Å². The lowest BCUT2D eigenvalue weighted by molar-refractivity contribution is -0.140. The van der Waals surface area contributed by atoms with E-state index in [4.69, 9.17) is 11.6 Å². The molecule has 2 aromatic rings. The number of hydrogen-bond acceptors (Lipinski definition) is 2. The van der Waals surface area contributed by atoms with Crippen LogP contribution in [0.1, 0.15) is 55.7 Å². The molecule has 4 nitrogen and oxygen atoms in total. The Morgan fingerprint density at radius 2 is 1.48 bits per heavy atom. The maximum absolute atomic E-state index is 13.5. The Hall–Kier alpha value is -2.47. The van der Waals surface area contributed by atoms with E-state index in [1.165, 1.54) is 41.3 Å². The first kappa shape index (κ1) is 23.2. The molecular weight excluding hydrogens is 422 g/mol. The van der Waals surface area contributed by atoms with Gasteiger partial charge in [-0.2, -0.15) is 0 Å². The SMILES string of the molecule is O=C(NC1CCCCCC1)[C@@H](c1ccc(F)cc1)N(Cc1ccc(F)cc1)C(=O)CCl. The molecule has 0 bridgehead atoms. The van der Waals surface area contributed by atoms with Crippen molar-refractivity contribution in [2.24, 2.45) is 0 Å². The molecule has 0 unspecified atom stereocenters. The quantitative estimate of drug-likeness (QED) is 0.472. The van der Waals surface area contributed by atoms with E-state index in [0.29, 0.717) is 11.1 Å². The molecule has 0 aromatic heterocycles. The van der Waals surface area contributed by atoms with E-state index in [2.05, 4.69) is 5.32 Å². The summed E-state index contributed by atoms with van der Waals surface area (Å²) >= 11 is 5.87. The highest BCUT2D eigenvalue weighted by molar-refractivity contribution is 6.27. The molecule has 0 aliphatic heterocycles. The number of nitrogens with one attached hydrogen (secondary N) is 1. The molecule has 1 saturated carbocycles. The van der Waals surface area contributed by atoms with Gasteiger partial charge in [-0.3, -0.25) is 9.59 Å². The van der Waals surface area contributed by atoms with Crippen LogP contribution >= 0.6 is 11.6 Å². The van der Waals surface area contributed by atoms with Crippen LogP contribution in [0, 0.1) is 11.6 Å². The van der Waals surface area contributed by atoms with Crippen molar-refractivity contribution in [3.05, 3.63) is 71.3 Å². The van der Waals surface area contributed by atoms with Crippen LogP contribution < -0.4 is 5.32 Å². The Bertz CT molecular complexity index is 866. The van der Waals surface area contributed by atoms with Gasteiger partial charge >= 0.3 is 0 Å². The minimum Gasteiger partial charge on any atom is -0.351 e. The third kappa shape index (κ3) is 6.50. The number of nitrogens with zero attached hydrogens (tertiary/aromatic N) is 1. The minimum atomic E-state index is -0.972. The highest BCUT2D eigenvalue weighted by atomic mass is 35.5. The van der Waals surface area contributed by atoms with E-state index in [1.807, 2.05) is 0 Å². The second-order valence-corrected chi connectivity index (χ2v) is 8.20. The van der Waals surface area contributed by atoms with Gasteiger partial charge in [0, 0.05) is 12.6 Å². The predicted molar refractivity (Wildman–Crippen MR) is 116 cm³/mol. The van der Waals surface area contributed by atoms with E-state index in [-0.39, 0.29) is 30.2 Å². The molecule has 0 heterocycles. The molecule has 1 aliphatic rings. The summed E-state index contributed by atoms with van der Waals surface area (Å²) in [6.45, 7) is 0.0754.